The van der Waals surface area contributed by atoms with Gasteiger partial charge in [-0.1, -0.05) is 30.3 Å². The fourth-order valence-corrected chi connectivity index (χ4v) is 3.10. The Labute approximate surface area is 117 Å². The molecule has 102 valence electrons. The van der Waals surface area contributed by atoms with E-state index in [2.05, 4.69) is 0 Å². The SMILES string of the molecule is Cc1ccccc1C1(c2c(F)cccc2C(N)=O)CC1. The summed E-state index contributed by atoms with van der Waals surface area (Å²) in [5, 5.41) is 0. The number of nitrogens with two attached hydrogens (primary N) is 1. The van der Waals surface area contributed by atoms with Crippen molar-refractivity contribution in [2.75, 3.05) is 0 Å². The van der Waals surface area contributed by atoms with E-state index in [1.54, 1.807) is 6.07 Å². The highest BCUT2D eigenvalue weighted by Crippen LogP contribution is 2.55. The Balaban J connectivity index is 2.24. The normalized spacial score (nSPS) is 15.9. The van der Waals surface area contributed by atoms with E-state index in [4.69, 9.17) is 5.73 Å². The molecule has 2 aromatic carbocycles. The van der Waals surface area contributed by atoms with Gasteiger partial charge in [0, 0.05) is 16.5 Å². The average molecular weight is 269 g/mol. The summed E-state index contributed by atoms with van der Waals surface area (Å²) in [6.07, 6.45) is 1.69. The Morgan fingerprint density at radius 1 is 1.15 bits per heavy atom. The predicted molar refractivity (Wildman–Crippen MR) is 76.1 cm³/mol. The molecule has 0 radical (unpaired) electrons. The first-order valence-electron chi connectivity index (χ1n) is 6.71. The van der Waals surface area contributed by atoms with Crippen LogP contribution in [0.25, 0.3) is 0 Å². The summed E-state index contributed by atoms with van der Waals surface area (Å²) in [6.45, 7) is 2.01. The lowest BCUT2D eigenvalue weighted by Crippen LogP contribution is -2.21. The minimum Gasteiger partial charge on any atom is -0.366 e. The van der Waals surface area contributed by atoms with Crippen LogP contribution in [0.3, 0.4) is 0 Å². The van der Waals surface area contributed by atoms with Crippen LogP contribution in [0.2, 0.25) is 0 Å². The van der Waals surface area contributed by atoms with Crippen LogP contribution >= 0.6 is 0 Å². The maximum absolute atomic E-state index is 14.4. The first-order chi connectivity index (χ1) is 9.56. The number of hydrogen-bond acceptors (Lipinski definition) is 1. The van der Waals surface area contributed by atoms with E-state index in [1.807, 2.05) is 31.2 Å². The minimum absolute atomic E-state index is 0.297. The van der Waals surface area contributed by atoms with Crippen LogP contribution in [0.5, 0.6) is 0 Å². The van der Waals surface area contributed by atoms with E-state index in [-0.39, 0.29) is 11.2 Å². The molecule has 1 saturated carbocycles. The van der Waals surface area contributed by atoms with Gasteiger partial charge in [0.1, 0.15) is 5.82 Å². The highest BCUT2D eigenvalue weighted by Gasteiger charge is 2.49. The first kappa shape index (κ1) is 12.9. The number of aryl methyl sites for hydroxylation is 1. The zero-order valence-electron chi connectivity index (χ0n) is 11.3. The van der Waals surface area contributed by atoms with E-state index in [0.29, 0.717) is 11.1 Å². The van der Waals surface area contributed by atoms with Crippen molar-refractivity contribution in [3.63, 3.8) is 0 Å². The summed E-state index contributed by atoms with van der Waals surface area (Å²) in [4.78, 5) is 11.6. The van der Waals surface area contributed by atoms with Gasteiger partial charge in [0.15, 0.2) is 0 Å². The Hall–Kier alpha value is -2.16. The summed E-state index contributed by atoms with van der Waals surface area (Å²) >= 11 is 0. The van der Waals surface area contributed by atoms with Crippen LogP contribution < -0.4 is 5.73 Å². The van der Waals surface area contributed by atoms with Gasteiger partial charge in [-0.3, -0.25) is 4.79 Å². The fourth-order valence-electron chi connectivity index (χ4n) is 3.10. The smallest absolute Gasteiger partial charge is 0.249 e. The second-order valence-corrected chi connectivity index (χ2v) is 5.42. The van der Waals surface area contributed by atoms with Gasteiger partial charge in [0.2, 0.25) is 5.91 Å². The molecule has 0 heterocycles. The second kappa shape index (κ2) is 4.44. The molecule has 1 fully saturated rings. The molecule has 0 aliphatic heterocycles. The van der Waals surface area contributed by atoms with Crippen LogP contribution in [0.4, 0.5) is 4.39 Å². The average Bonchev–Trinajstić information content (AvgIpc) is 3.20. The van der Waals surface area contributed by atoms with Gasteiger partial charge in [-0.15, -0.1) is 0 Å². The maximum atomic E-state index is 14.4. The Kier molecular flexibility index (Phi) is 2.85. The Morgan fingerprint density at radius 2 is 1.85 bits per heavy atom. The van der Waals surface area contributed by atoms with Crippen molar-refractivity contribution in [2.24, 2.45) is 5.73 Å². The van der Waals surface area contributed by atoms with Crippen LogP contribution in [0.1, 0.15) is 39.9 Å². The lowest BCUT2D eigenvalue weighted by Gasteiger charge is -2.21. The minimum atomic E-state index is -0.570. The van der Waals surface area contributed by atoms with Gasteiger partial charge in [0.05, 0.1) is 0 Å². The Bertz CT molecular complexity index is 689. The van der Waals surface area contributed by atoms with Crippen LogP contribution in [0, 0.1) is 12.7 Å². The van der Waals surface area contributed by atoms with Crippen molar-refractivity contribution in [3.8, 4) is 0 Å². The number of benzene rings is 2. The van der Waals surface area contributed by atoms with Crippen LogP contribution in [0.15, 0.2) is 42.5 Å². The molecule has 1 amide bonds. The zero-order valence-corrected chi connectivity index (χ0v) is 11.3. The molecule has 2 nitrogen and oxygen atoms in total. The summed E-state index contributed by atoms with van der Waals surface area (Å²) in [6, 6.07) is 12.5. The third-order valence-electron chi connectivity index (χ3n) is 4.17. The molecule has 20 heavy (non-hydrogen) atoms. The highest BCUT2D eigenvalue weighted by atomic mass is 19.1. The number of halogens is 1. The lowest BCUT2D eigenvalue weighted by atomic mass is 9.82. The summed E-state index contributed by atoms with van der Waals surface area (Å²) in [7, 11) is 0. The Morgan fingerprint density at radius 3 is 2.45 bits per heavy atom. The van der Waals surface area contributed by atoms with Crippen molar-refractivity contribution >= 4 is 5.91 Å². The molecular weight excluding hydrogens is 253 g/mol. The number of hydrogen-bond donors (Lipinski definition) is 1. The first-order valence-corrected chi connectivity index (χ1v) is 6.71. The second-order valence-electron chi connectivity index (χ2n) is 5.42. The van der Waals surface area contributed by atoms with Crippen LogP contribution in [-0.4, -0.2) is 5.91 Å². The maximum Gasteiger partial charge on any atom is 0.249 e. The molecule has 1 aliphatic rings. The quantitative estimate of drug-likeness (QED) is 0.912. The molecule has 1 aliphatic carbocycles. The molecule has 0 bridgehead atoms. The largest absolute Gasteiger partial charge is 0.366 e. The van der Waals surface area contributed by atoms with Gasteiger partial charge >= 0.3 is 0 Å². The molecule has 0 aromatic heterocycles. The molecule has 0 saturated heterocycles. The number of primary amides is 1. The standard InChI is InChI=1S/C17H16FNO/c1-11-5-2-3-7-13(11)17(9-10-17)15-12(16(19)20)6-4-8-14(15)18/h2-8H,9-10H2,1H3,(H2,19,20). The number of carbonyl (C=O) groups excluding carboxylic acids is 1. The molecular formula is C17H16FNO. The van der Waals surface area contributed by atoms with E-state index in [1.165, 1.54) is 12.1 Å². The van der Waals surface area contributed by atoms with Gasteiger partial charge in [0.25, 0.3) is 0 Å². The molecule has 3 heteroatoms. The van der Waals surface area contributed by atoms with Crippen molar-refractivity contribution < 1.29 is 9.18 Å². The van der Waals surface area contributed by atoms with Crippen molar-refractivity contribution in [1.82, 2.24) is 0 Å². The fraction of sp³-hybridized carbons (Fsp3) is 0.235. The summed E-state index contributed by atoms with van der Waals surface area (Å²) in [5.41, 5.74) is 7.99. The van der Waals surface area contributed by atoms with Crippen LogP contribution in [-0.2, 0) is 5.41 Å². The molecule has 0 unspecified atom stereocenters. The molecule has 3 rings (SSSR count). The third-order valence-corrected chi connectivity index (χ3v) is 4.17. The highest BCUT2D eigenvalue weighted by molar-refractivity contribution is 5.95. The molecule has 0 spiro atoms. The third kappa shape index (κ3) is 1.82. The molecule has 0 atom stereocenters. The van der Waals surface area contributed by atoms with Gasteiger partial charge < -0.3 is 5.73 Å². The molecule has 2 N–H and O–H groups in total. The number of carbonyl (C=O) groups is 1. The monoisotopic (exact) mass is 269 g/mol. The van der Waals surface area contributed by atoms with Crippen molar-refractivity contribution in [2.45, 2.75) is 25.2 Å². The number of amides is 1. The summed E-state index contributed by atoms with van der Waals surface area (Å²) < 4.78 is 14.4. The topological polar surface area (TPSA) is 43.1 Å². The van der Waals surface area contributed by atoms with E-state index in [0.717, 1.165) is 24.0 Å². The van der Waals surface area contributed by atoms with Gasteiger partial charge in [-0.05, 0) is 43.0 Å². The van der Waals surface area contributed by atoms with Gasteiger partial charge in [-0.2, -0.15) is 0 Å². The molecule has 2 aromatic rings. The van der Waals surface area contributed by atoms with E-state index >= 15 is 0 Å². The van der Waals surface area contributed by atoms with Gasteiger partial charge in [-0.25, -0.2) is 4.39 Å². The lowest BCUT2D eigenvalue weighted by molar-refractivity contribution is 0.0998. The van der Waals surface area contributed by atoms with E-state index in [9.17, 15) is 9.18 Å². The predicted octanol–water partition coefficient (Wildman–Crippen LogP) is 3.31. The summed E-state index contributed by atoms with van der Waals surface area (Å²) in [5.74, 6) is -0.915. The van der Waals surface area contributed by atoms with Crippen molar-refractivity contribution in [3.05, 3.63) is 70.5 Å². The zero-order chi connectivity index (χ0) is 14.3. The van der Waals surface area contributed by atoms with E-state index < -0.39 is 5.91 Å². The number of rotatable bonds is 3. The van der Waals surface area contributed by atoms with Crippen molar-refractivity contribution in [1.29, 1.82) is 0 Å².